The third-order valence-electron chi connectivity index (χ3n) is 11.2. The summed E-state index contributed by atoms with van der Waals surface area (Å²) in [7, 11) is 0. The van der Waals surface area contributed by atoms with Crippen LogP contribution in [0.25, 0.3) is 0 Å². The van der Waals surface area contributed by atoms with E-state index < -0.39 is 6.10 Å². The van der Waals surface area contributed by atoms with Crippen molar-refractivity contribution in [2.45, 2.75) is 271 Å². The maximum Gasteiger partial charge on any atom is 0.306 e. The van der Waals surface area contributed by atoms with E-state index in [0.29, 0.717) is 19.3 Å². The molecule has 0 radical (unpaired) electrons. The van der Waals surface area contributed by atoms with Gasteiger partial charge in [0.25, 0.3) is 0 Å². The first-order valence-electron chi connectivity index (χ1n) is 23.9. The summed E-state index contributed by atoms with van der Waals surface area (Å²) in [5.41, 5.74) is 0. The number of rotatable bonds is 43. The number of hydrogen-bond donors (Lipinski definition) is 0. The summed E-state index contributed by atoms with van der Waals surface area (Å²) in [4.78, 5) is 37.6. The van der Waals surface area contributed by atoms with Crippen LogP contribution in [-0.4, -0.2) is 37.2 Å². The average molecular weight is 765 g/mol. The molecule has 0 aromatic carbocycles. The van der Waals surface area contributed by atoms with Crippen molar-refractivity contribution in [1.29, 1.82) is 0 Å². The van der Waals surface area contributed by atoms with Crippen LogP contribution in [0.4, 0.5) is 0 Å². The molecule has 0 amide bonds. The third kappa shape index (κ3) is 40.1. The highest BCUT2D eigenvalue weighted by atomic mass is 16.6. The van der Waals surface area contributed by atoms with E-state index in [0.717, 1.165) is 63.7 Å². The molecule has 0 aromatic rings. The molecule has 0 aliphatic heterocycles. The van der Waals surface area contributed by atoms with Gasteiger partial charge in [0.15, 0.2) is 6.10 Å². The summed E-state index contributed by atoms with van der Waals surface area (Å²) in [6, 6.07) is 0. The molecule has 320 valence electrons. The van der Waals surface area contributed by atoms with Crippen LogP contribution in [-0.2, 0) is 28.6 Å². The van der Waals surface area contributed by atoms with Crippen LogP contribution in [0.3, 0.4) is 0 Å². The summed E-state index contributed by atoms with van der Waals surface area (Å²) in [6.45, 7) is 9.00. The largest absolute Gasteiger partial charge is 0.462 e. The molecule has 1 unspecified atom stereocenters. The summed E-state index contributed by atoms with van der Waals surface area (Å²) >= 11 is 0. The highest BCUT2D eigenvalue weighted by Gasteiger charge is 2.19. The predicted molar refractivity (Wildman–Crippen MR) is 229 cm³/mol. The zero-order valence-electron chi connectivity index (χ0n) is 36.7. The molecule has 0 aliphatic carbocycles. The Hall–Kier alpha value is -1.59. The molecule has 6 nitrogen and oxygen atoms in total. The molecule has 0 fully saturated rings. The number of carbonyl (C=O) groups is 3. The van der Waals surface area contributed by atoms with E-state index in [2.05, 4.69) is 27.7 Å². The Morgan fingerprint density at radius 1 is 0.370 bits per heavy atom. The van der Waals surface area contributed by atoms with Gasteiger partial charge in [-0.05, 0) is 25.2 Å². The van der Waals surface area contributed by atoms with E-state index >= 15 is 0 Å². The summed E-state index contributed by atoms with van der Waals surface area (Å²) < 4.78 is 16.7. The highest BCUT2D eigenvalue weighted by Crippen LogP contribution is 2.17. The second-order valence-corrected chi connectivity index (χ2v) is 16.6. The van der Waals surface area contributed by atoms with Crippen molar-refractivity contribution in [3.63, 3.8) is 0 Å². The second-order valence-electron chi connectivity index (χ2n) is 16.6. The number of ether oxygens (including phenoxy) is 3. The maximum absolute atomic E-state index is 12.7. The SMILES string of the molecule is CCCCCCCCCCCCCC(=O)O[C@@H](COC(=O)CCCCCCCCC)COC(=O)CCCCCCCCCCCCCCCCC(C)CC. The van der Waals surface area contributed by atoms with E-state index in [4.69, 9.17) is 14.2 Å². The molecule has 54 heavy (non-hydrogen) atoms. The van der Waals surface area contributed by atoms with Crippen LogP contribution in [0.5, 0.6) is 0 Å². The van der Waals surface area contributed by atoms with Gasteiger partial charge >= 0.3 is 17.9 Å². The minimum absolute atomic E-state index is 0.0637. The molecular weight excluding hydrogens is 673 g/mol. The topological polar surface area (TPSA) is 78.9 Å². The molecule has 0 saturated carbocycles. The van der Waals surface area contributed by atoms with Crippen molar-refractivity contribution < 1.29 is 28.6 Å². The van der Waals surface area contributed by atoms with Crippen LogP contribution in [0.15, 0.2) is 0 Å². The smallest absolute Gasteiger partial charge is 0.306 e. The van der Waals surface area contributed by atoms with Gasteiger partial charge in [0.05, 0.1) is 0 Å². The van der Waals surface area contributed by atoms with Gasteiger partial charge in [0.2, 0.25) is 0 Å². The predicted octanol–water partition coefficient (Wildman–Crippen LogP) is 15.1. The van der Waals surface area contributed by atoms with E-state index in [1.807, 2.05) is 0 Å². The quantitative estimate of drug-likeness (QED) is 0.0349. The molecule has 6 heteroatoms. The number of hydrogen-bond acceptors (Lipinski definition) is 6. The number of esters is 3. The Morgan fingerprint density at radius 3 is 0.963 bits per heavy atom. The lowest BCUT2D eigenvalue weighted by molar-refractivity contribution is -0.167. The lowest BCUT2D eigenvalue weighted by Gasteiger charge is -2.18. The Labute approximate surface area is 336 Å². The van der Waals surface area contributed by atoms with Crippen LogP contribution in [0, 0.1) is 5.92 Å². The number of unbranched alkanes of at least 4 members (excludes halogenated alkanes) is 29. The van der Waals surface area contributed by atoms with Crippen molar-refractivity contribution in [1.82, 2.24) is 0 Å². The van der Waals surface area contributed by atoms with Gasteiger partial charge in [0, 0.05) is 19.3 Å². The summed E-state index contributed by atoms with van der Waals surface area (Å²) in [5.74, 6) is 0.0380. The van der Waals surface area contributed by atoms with Gasteiger partial charge in [-0.1, -0.05) is 227 Å². The molecule has 0 bridgehead atoms. The van der Waals surface area contributed by atoms with Gasteiger partial charge in [-0.2, -0.15) is 0 Å². The lowest BCUT2D eigenvalue weighted by Crippen LogP contribution is -2.30. The highest BCUT2D eigenvalue weighted by molar-refractivity contribution is 5.71. The van der Waals surface area contributed by atoms with Crippen LogP contribution in [0.1, 0.15) is 265 Å². The normalized spacial score (nSPS) is 12.4. The zero-order valence-corrected chi connectivity index (χ0v) is 36.7. The zero-order chi connectivity index (χ0) is 39.6. The molecule has 0 aromatic heterocycles. The summed E-state index contributed by atoms with van der Waals surface area (Å²) in [6.07, 6.45) is 42.3. The van der Waals surface area contributed by atoms with Gasteiger partial charge in [0.1, 0.15) is 13.2 Å². The first-order valence-corrected chi connectivity index (χ1v) is 23.9. The molecule has 2 atom stereocenters. The lowest BCUT2D eigenvalue weighted by atomic mass is 9.99. The molecule has 0 N–H and O–H groups in total. The minimum Gasteiger partial charge on any atom is -0.462 e. The van der Waals surface area contributed by atoms with E-state index in [1.54, 1.807) is 0 Å². The van der Waals surface area contributed by atoms with Crippen molar-refractivity contribution in [3.05, 3.63) is 0 Å². The Bertz CT molecular complexity index is 813. The molecular formula is C48H92O6. The average Bonchev–Trinajstić information content (AvgIpc) is 3.17. The van der Waals surface area contributed by atoms with Crippen LogP contribution in [0.2, 0.25) is 0 Å². The molecule has 0 saturated heterocycles. The van der Waals surface area contributed by atoms with E-state index in [9.17, 15) is 14.4 Å². The molecule has 0 heterocycles. The van der Waals surface area contributed by atoms with Crippen molar-refractivity contribution in [2.75, 3.05) is 13.2 Å². The fraction of sp³-hybridized carbons (Fsp3) is 0.938. The maximum atomic E-state index is 12.7. The van der Waals surface area contributed by atoms with Gasteiger partial charge in [-0.15, -0.1) is 0 Å². The third-order valence-corrected chi connectivity index (χ3v) is 11.2. The van der Waals surface area contributed by atoms with E-state index in [1.165, 1.54) is 161 Å². The van der Waals surface area contributed by atoms with Gasteiger partial charge in [-0.3, -0.25) is 14.4 Å². The van der Waals surface area contributed by atoms with Crippen molar-refractivity contribution >= 4 is 17.9 Å². The first-order chi connectivity index (χ1) is 26.4. The van der Waals surface area contributed by atoms with Crippen LogP contribution >= 0.6 is 0 Å². The monoisotopic (exact) mass is 765 g/mol. The van der Waals surface area contributed by atoms with Crippen LogP contribution < -0.4 is 0 Å². The van der Waals surface area contributed by atoms with Gasteiger partial charge < -0.3 is 14.2 Å². The first kappa shape index (κ1) is 52.4. The fourth-order valence-corrected chi connectivity index (χ4v) is 7.12. The second kappa shape index (κ2) is 42.6. The Balaban J connectivity index is 4.19. The standard InChI is InChI=1S/C48H92O6/c1-5-8-10-12-14-15-20-25-29-33-37-41-48(51)54-45(42-52-46(49)39-35-31-26-13-11-9-6-2)43-53-47(50)40-36-32-28-24-22-19-17-16-18-21-23-27-30-34-38-44(4)7-3/h44-45H,5-43H2,1-4H3/t44?,45-/m0/s1. The minimum atomic E-state index is -0.758. The van der Waals surface area contributed by atoms with Gasteiger partial charge in [-0.25, -0.2) is 0 Å². The van der Waals surface area contributed by atoms with Crippen molar-refractivity contribution in [3.8, 4) is 0 Å². The molecule has 0 rings (SSSR count). The number of carbonyl (C=O) groups excluding carboxylic acids is 3. The molecule has 0 spiro atoms. The van der Waals surface area contributed by atoms with E-state index in [-0.39, 0.29) is 31.1 Å². The molecule has 0 aliphatic rings. The fourth-order valence-electron chi connectivity index (χ4n) is 7.12. The Morgan fingerprint density at radius 2 is 0.648 bits per heavy atom. The van der Waals surface area contributed by atoms with Crippen molar-refractivity contribution in [2.24, 2.45) is 5.92 Å². The summed E-state index contributed by atoms with van der Waals surface area (Å²) in [5, 5.41) is 0. The Kier molecular flexibility index (Phi) is 41.3.